The first-order valence-electron chi connectivity index (χ1n) is 14.1. The van der Waals surface area contributed by atoms with E-state index in [0.29, 0.717) is 6.42 Å². The number of rotatable bonds is 5. The zero-order chi connectivity index (χ0) is 28.2. The number of methoxy groups -OCH3 is 3. The molecule has 0 saturated carbocycles. The average molecular weight is 533 g/mol. The van der Waals surface area contributed by atoms with Crippen molar-refractivity contribution in [2.24, 2.45) is 5.41 Å². The standard InChI is InChI=1S/C33H44N2O4/c1-22-13-23(15-26(14-22)37-6)21-35-11-9-33(10-12-35)25-19-31(2,3)29-24(16-27(38-7)17-28(29)39-8)18-32(4,20-25)30(36)34(33)5/h13-17,19H,9-12,18,20-21H2,1-8H3/b25-19+. The molecular formula is C33H44N2O4. The van der Waals surface area contributed by atoms with Crippen molar-refractivity contribution < 1.29 is 19.0 Å². The van der Waals surface area contributed by atoms with E-state index in [9.17, 15) is 4.79 Å². The molecule has 0 aromatic heterocycles. The molecule has 1 spiro atoms. The van der Waals surface area contributed by atoms with Crippen molar-refractivity contribution in [3.8, 4) is 17.2 Å². The first-order chi connectivity index (χ1) is 18.4. The lowest BCUT2D eigenvalue weighted by Crippen LogP contribution is -2.64. The largest absolute Gasteiger partial charge is 0.497 e. The van der Waals surface area contributed by atoms with Crippen molar-refractivity contribution in [3.63, 3.8) is 0 Å². The van der Waals surface area contributed by atoms with E-state index in [1.54, 1.807) is 21.3 Å². The zero-order valence-corrected chi connectivity index (χ0v) is 24.9. The molecule has 2 aliphatic heterocycles. The number of carbonyl (C=O) groups excluding carboxylic acids is 1. The van der Waals surface area contributed by atoms with E-state index >= 15 is 0 Å². The minimum atomic E-state index is -0.510. The molecule has 2 heterocycles. The summed E-state index contributed by atoms with van der Waals surface area (Å²) in [6.45, 7) is 11.6. The fourth-order valence-corrected chi connectivity index (χ4v) is 7.55. The third kappa shape index (κ3) is 4.71. The normalized spacial score (nSPS) is 25.3. The number of hydrogen-bond donors (Lipinski definition) is 0. The van der Waals surface area contributed by atoms with Gasteiger partial charge in [-0.2, -0.15) is 0 Å². The summed E-state index contributed by atoms with van der Waals surface area (Å²) < 4.78 is 17.0. The zero-order valence-electron chi connectivity index (χ0n) is 24.9. The third-order valence-corrected chi connectivity index (χ3v) is 9.45. The molecule has 2 bridgehead atoms. The number of fused-ring (bicyclic) bond motifs is 4. The number of ether oxygens (including phenoxy) is 3. The lowest BCUT2D eigenvalue weighted by Gasteiger charge is -2.57. The number of hydrogen-bond acceptors (Lipinski definition) is 5. The molecule has 1 aliphatic carbocycles. The average Bonchev–Trinajstić information content (AvgIpc) is 2.89. The molecular weight excluding hydrogens is 488 g/mol. The van der Waals surface area contributed by atoms with E-state index in [-0.39, 0.29) is 16.9 Å². The van der Waals surface area contributed by atoms with Gasteiger partial charge in [0.25, 0.3) is 0 Å². The second kappa shape index (κ2) is 9.88. The van der Waals surface area contributed by atoms with Crippen LogP contribution in [0.2, 0.25) is 0 Å². The molecule has 39 heavy (non-hydrogen) atoms. The molecule has 2 fully saturated rings. The van der Waals surface area contributed by atoms with Crippen molar-refractivity contribution in [1.82, 2.24) is 9.80 Å². The number of nitrogens with zero attached hydrogens (tertiary/aromatic N) is 2. The minimum Gasteiger partial charge on any atom is -0.497 e. The Morgan fingerprint density at radius 1 is 0.872 bits per heavy atom. The van der Waals surface area contributed by atoms with Gasteiger partial charge in [0.1, 0.15) is 17.2 Å². The van der Waals surface area contributed by atoms with Gasteiger partial charge >= 0.3 is 0 Å². The van der Waals surface area contributed by atoms with Crippen LogP contribution >= 0.6 is 0 Å². The highest BCUT2D eigenvalue weighted by molar-refractivity contribution is 5.86. The molecule has 0 N–H and O–H groups in total. The van der Waals surface area contributed by atoms with Crippen LogP contribution in [0.3, 0.4) is 0 Å². The number of likely N-dealkylation sites (tertiary alicyclic amines) is 2. The Hall–Kier alpha value is -2.99. The fraction of sp³-hybridized carbons (Fsp3) is 0.545. The van der Waals surface area contributed by atoms with Crippen molar-refractivity contribution >= 4 is 5.91 Å². The Morgan fingerprint density at radius 2 is 1.54 bits per heavy atom. The molecule has 1 atom stereocenters. The maximum atomic E-state index is 14.2. The SMILES string of the molecule is COc1cc(C)cc(CN2CCC3(CC2)/C2=C/C(C)(C)c4c(cc(OC)cc4OC)CC(C)(C2)C(=O)N3C)c1. The predicted molar refractivity (Wildman–Crippen MR) is 155 cm³/mol. The topological polar surface area (TPSA) is 51.2 Å². The molecule has 3 aliphatic rings. The molecule has 6 nitrogen and oxygen atoms in total. The maximum absolute atomic E-state index is 14.2. The van der Waals surface area contributed by atoms with Crippen LogP contribution in [0.4, 0.5) is 0 Å². The van der Waals surface area contributed by atoms with Gasteiger partial charge in [-0.05, 0) is 73.1 Å². The van der Waals surface area contributed by atoms with Crippen LogP contribution in [0, 0.1) is 12.3 Å². The number of allylic oxidation sites excluding steroid dienone is 1. The first-order valence-corrected chi connectivity index (χ1v) is 14.1. The molecule has 210 valence electrons. The van der Waals surface area contributed by atoms with Gasteiger partial charge in [-0.15, -0.1) is 0 Å². The summed E-state index contributed by atoms with van der Waals surface area (Å²) in [4.78, 5) is 18.8. The number of benzene rings is 2. The lowest BCUT2D eigenvalue weighted by molar-refractivity contribution is -0.151. The smallest absolute Gasteiger partial charge is 0.229 e. The Balaban J connectivity index is 1.51. The summed E-state index contributed by atoms with van der Waals surface area (Å²) in [7, 11) is 7.16. The fourth-order valence-electron chi connectivity index (χ4n) is 7.55. The quantitative estimate of drug-likeness (QED) is 0.464. The first kappa shape index (κ1) is 27.6. The van der Waals surface area contributed by atoms with Gasteiger partial charge in [0, 0.05) is 43.7 Å². The number of likely N-dealkylation sites (N-methyl/N-ethyl adjacent to an activating group) is 1. The molecule has 6 heteroatoms. The molecule has 2 saturated heterocycles. The third-order valence-electron chi connectivity index (χ3n) is 9.45. The summed E-state index contributed by atoms with van der Waals surface area (Å²) in [6, 6.07) is 10.5. The minimum absolute atomic E-state index is 0.240. The number of piperidine rings is 2. The monoisotopic (exact) mass is 532 g/mol. The molecule has 2 aromatic rings. The van der Waals surface area contributed by atoms with Crippen LogP contribution < -0.4 is 14.2 Å². The van der Waals surface area contributed by atoms with Crippen molar-refractivity contribution in [2.75, 3.05) is 41.5 Å². The Morgan fingerprint density at radius 3 is 2.18 bits per heavy atom. The Bertz CT molecular complexity index is 1310. The van der Waals surface area contributed by atoms with Gasteiger partial charge in [-0.1, -0.05) is 32.9 Å². The van der Waals surface area contributed by atoms with Crippen LogP contribution in [0.25, 0.3) is 0 Å². The molecule has 1 unspecified atom stereocenters. The lowest BCUT2D eigenvalue weighted by atomic mass is 9.60. The van der Waals surface area contributed by atoms with E-state index < -0.39 is 5.41 Å². The summed E-state index contributed by atoms with van der Waals surface area (Å²) >= 11 is 0. The summed E-state index contributed by atoms with van der Waals surface area (Å²) in [5.74, 6) is 2.74. The van der Waals surface area contributed by atoms with Crippen molar-refractivity contribution in [1.29, 1.82) is 0 Å². The van der Waals surface area contributed by atoms with Crippen LogP contribution in [-0.4, -0.2) is 62.7 Å². The van der Waals surface area contributed by atoms with Crippen LogP contribution in [0.15, 0.2) is 42.0 Å². The van der Waals surface area contributed by atoms with Gasteiger partial charge in [0.05, 0.1) is 32.3 Å². The Kier molecular flexibility index (Phi) is 6.99. The predicted octanol–water partition coefficient (Wildman–Crippen LogP) is 5.68. The van der Waals surface area contributed by atoms with Crippen molar-refractivity contribution in [3.05, 3.63) is 64.2 Å². The molecule has 2 aromatic carbocycles. The van der Waals surface area contributed by atoms with Gasteiger partial charge in [-0.3, -0.25) is 9.69 Å². The molecule has 0 radical (unpaired) electrons. The van der Waals surface area contributed by atoms with E-state index in [1.807, 2.05) is 13.1 Å². The highest BCUT2D eigenvalue weighted by Crippen LogP contribution is 2.53. The van der Waals surface area contributed by atoms with Crippen molar-refractivity contribution in [2.45, 2.75) is 70.9 Å². The van der Waals surface area contributed by atoms with Gasteiger partial charge in [-0.25, -0.2) is 0 Å². The summed E-state index contributed by atoms with van der Waals surface area (Å²) in [5, 5.41) is 0. The van der Waals surface area contributed by atoms with E-state index in [1.165, 1.54) is 16.7 Å². The summed E-state index contributed by atoms with van der Waals surface area (Å²) in [6.07, 6.45) is 5.78. The number of aryl methyl sites for hydroxylation is 1. The second-order valence-electron chi connectivity index (χ2n) is 12.7. The van der Waals surface area contributed by atoms with Crippen LogP contribution in [0.5, 0.6) is 17.2 Å². The van der Waals surface area contributed by atoms with Crippen LogP contribution in [-0.2, 0) is 23.2 Å². The van der Waals surface area contributed by atoms with E-state index in [2.05, 4.69) is 67.8 Å². The van der Waals surface area contributed by atoms with Crippen LogP contribution in [0.1, 0.15) is 62.3 Å². The Labute approximate surface area is 233 Å². The number of carbonyl (C=O) groups is 1. The van der Waals surface area contributed by atoms with E-state index in [0.717, 1.165) is 67.3 Å². The highest BCUT2D eigenvalue weighted by atomic mass is 16.5. The van der Waals surface area contributed by atoms with Gasteiger partial charge in [0.15, 0.2) is 0 Å². The molecule has 1 amide bonds. The van der Waals surface area contributed by atoms with Gasteiger partial charge in [0.2, 0.25) is 5.91 Å². The van der Waals surface area contributed by atoms with E-state index in [4.69, 9.17) is 14.2 Å². The molecule has 5 rings (SSSR count). The second-order valence-corrected chi connectivity index (χ2v) is 12.7. The van der Waals surface area contributed by atoms with Gasteiger partial charge < -0.3 is 19.1 Å². The number of amides is 1. The summed E-state index contributed by atoms with van der Waals surface area (Å²) in [5.41, 5.74) is 5.15. The maximum Gasteiger partial charge on any atom is 0.229 e. The highest BCUT2D eigenvalue weighted by Gasteiger charge is 2.55.